The van der Waals surface area contributed by atoms with E-state index in [9.17, 15) is 14.7 Å². The average molecular weight is 651 g/mol. The molecule has 0 aliphatic heterocycles. The van der Waals surface area contributed by atoms with Crippen molar-refractivity contribution in [3.63, 3.8) is 0 Å². The fourth-order valence-electron chi connectivity index (χ4n) is 6.91. The number of carboxylic acid groups (broad SMARTS) is 1. The van der Waals surface area contributed by atoms with E-state index in [4.69, 9.17) is 5.73 Å². The van der Waals surface area contributed by atoms with E-state index < -0.39 is 12.0 Å². The Kier molecular flexibility index (Phi) is 35.9. The zero-order valence-electron chi connectivity index (χ0n) is 31.3. The van der Waals surface area contributed by atoms with Gasteiger partial charge in [0, 0.05) is 6.42 Å². The molecule has 0 rings (SSSR count). The molecule has 5 heteroatoms. The Morgan fingerprint density at radius 3 is 0.913 bits per heavy atom. The molecule has 0 spiro atoms. The van der Waals surface area contributed by atoms with E-state index in [1.807, 2.05) is 0 Å². The first-order valence-corrected chi connectivity index (χ1v) is 20.8. The molecule has 274 valence electrons. The van der Waals surface area contributed by atoms with Gasteiger partial charge in [0.25, 0.3) is 0 Å². The van der Waals surface area contributed by atoms with Gasteiger partial charge in [-0.3, -0.25) is 14.5 Å². The normalized spacial score (nSPS) is 12.2. The molecule has 0 fully saturated rings. The molecule has 0 saturated heterocycles. The minimum absolute atomic E-state index is 0.00201. The molecule has 1 atom stereocenters. The molecule has 0 saturated carbocycles. The Morgan fingerprint density at radius 1 is 0.457 bits per heavy atom. The lowest BCUT2D eigenvalue weighted by molar-refractivity contribution is -0.137. The van der Waals surface area contributed by atoms with Gasteiger partial charge in [-0.05, 0) is 32.4 Å². The fraction of sp³-hybridized carbons (Fsp3) is 0.951. The largest absolute Gasteiger partial charge is 0.481 e. The number of hydrogen-bond acceptors (Lipinski definition) is 3. The van der Waals surface area contributed by atoms with E-state index in [1.165, 1.54) is 193 Å². The van der Waals surface area contributed by atoms with Gasteiger partial charge in [0.05, 0.1) is 6.04 Å². The van der Waals surface area contributed by atoms with E-state index in [-0.39, 0.29) is 12.3 Å². The highest BCUT2D eigenvalue weighted by atomic mass is 16.4. The molecule has 0 bridgehead atoms. The molecule has 0 aromatic carbocycles. The van der Waals surface area contributed by atoms with Crippen LogP contribution in [-0.4, -0.2) is 41.0 Å². The van der Waals surface area contributed by atoms with Crippen LogP contribution in [0, 0.1) is 0 Å². The third-order valence-electron chi connectivity index (χ3n) is 10.00. The van der Waals surface area contributed by atoms with E-state index in [0.29, 0.717) is 6.42 Å². The topological polar surface area (TPSA) is 83.6 Å². The summed E-state index contributed by atoms with van der Waals surface area (Å²) < 4.78 is 0. The van der Waals surface area contributed by atoms with Crippen molar-refractivity contribution in [1.82, 2.24) is 4.90 Å². The number of amides is 1. The molecule has 46 heavy (non-hydrogen) atoms. The molecule has 0 radical (unpaired) electrons. The molecular formula is C41H82N2O3. The number of primary amides is 1. The highest BCUT2D eigenvalue weighted by Gasteiger charge is 2.24. The van der Waals surface area contributed by atoms with Crippen molar-refractivity contribution < 1.29 is 14.7 Å². The Bertz CT molecular complexity index is 605. The molecule has 0 aromatic rings. The molecule has 1 amide bonds. The molecule has 0 aliphatic rings. The first-order chi connectivity index (χ1) is 22.5. The van der Waals surface area contributed by atoms with Crippen molar-refractivity contribution >= 4 is 11.9 Å². The van der Waals surface area contributed by atoms with E-state index in [0.717, 1.165) is 25.9 Å². The summed E-state index contributed by atoms with van der Waals surface area (Å²) in [4.78, 5) is 25.7. The van der Waals surface area contributed by atoms with Gasteiger partial charge in [0.15, 0.2) is 0 Å². The van der Waals surface area contributed by atoms with Crippen LogP contribution >= 0.6 is 0 Å². The summed E-state index contributed by atoms with van der Waals surface area (Å²) >= 11 is 0. The summed E-state index contributed by atoms with van der Waals surface area (Å²) in [5, 5.41) is 9.20. The van der Waals surface area contributed by atoms with Crippen LogP contribution in [0.5, 0.6) is 0 Å². The van der Waals surface area contributed by atoms with Crippen LogP contribution in [0.4, 0.5) is 0 Å². The maximum atomic E-state index is 12.3. The second-order valence-electron chi connectivity index (χ2n) is 14.5. The lowest BCUT2D eigenvalue weighted by atomic mass is 10.0. The van der Waals surface area contributed by atoms with Gasteiger partial charge in [-0.15, -0.1) is 0 Å². The van der Waals surface area contributed by atoms with Crippen molar-refractivity contribution in [3.05, 3.63) is 0 Å². The number of carbonyl (C=O) groups is 2. The summed E-state index contributed by atoms with van der Waals surface area (Å²) in [6.45, 7) is 6.27. The quantitative estimate of drug-likeness (QED) is 0.0648. The van der Waals surface area contributed by atoms with Crippen molar-refractivity contribution in [2.75, 3.05) is 13.1 Å². The minimum atomic E-state index is -0.851. The van der Waals surface area contributed by atoms with Crippen LogP contribution in [0.15, 0.2) is 0 Å². The van der Waals surface area contributed by atoms with Gasteiger partial charge in [-0.2, -0.15) is 0 Å². The van der Waals surface area contributed by atoms with E-state index >= 15 is 0 Å². The van der Waals surface area contributed by atoms with Gasteiger partial charge < -0.3 is 10.8 Å². The molecule has 0 heterocycles. The Labute approximate surface area is 288 Å². The van der Waals surface area contributed by atoms with Gasteiger partial charge in [0.1, 0.15) is 0 Å². The maximum absolute atomic E-state index is 12.3. The highest BCUT2D eigenvalue weighted by Crippen LogP contribution is 2.17. The first kappa shape index (κ1) is 44.9. The van der Waals surface area contributed by atoms with Crippen LogP contribution < -0.4 is 5.73 Å². The van der Waals surface area contributed by atoms with Crippen LogP contribution in [0.25, 0.3) is 0 Å². The molecular weight excluding hydrogens is 568 g/mol. The number of nitrogens with zero attached hydrogens (tertiary/aromatic N) is 1. The van der Waals surface area contributed by atoms with Crippen LogP contribution in [-0.2, 0) is 9.59 Å². The predicted octanol–water partition coefficient (Wildman–Crippen LogP) is 12.5. The SMILES string of the molecule is CCCCCCCCCCCCCCCCCCN(CCCCCCCCCCCCCCCCCC)[C@@H](CCC(=O)O)C(N)=O. The smallest absolute Gasteiger partial charge is 0.303 e. The monoisotopic (exact) mass is 651 g/mol. The standard InChI is InChI=1S/C41H82N2O3/c1-3-5-7-9-11-13-15-17-19-21-23-25-27-29-31-33-37-43(39(41(42)46)35-36-40(44)45)38-34-32-30-28-26-24-22-20-18-16-14-12-10-8-6-4-2/h39H,3-38H2,1-2H3,(H2,42,46)(H,44,45)/t39-/m0/s1. The lowest BCUT2D eigenvalue weighted by Gasteiger charge is -2.29. The fourth-order valence-corrected chi connectivity index (χ4v) is 6.91. The van der Waals surface area contributed by atoms with Crippen molar-refractivity contribution in [2.24, 2.45) is 5.73 Å². The molecule has 0 unspecified atom stereocenters. The van der Waals surface area contributed by atoms with Crippen LogP contribution in [0.1, 0.15) is 232 Å². The predicted molar refractivity (Wildman–Crippen MR) is 201 cm³/mol. The third kappa shape index (κ3) is 32.8. The van der Waals surface area contributed by atoms with E-state index in [1.54, 1.807) is 0 Å². The average Bonchev–Trinajstić information content (AvgIpc) is 3.03. The summed E-state index contributed by atoms with van der Waals surface area (Å²) in [5.41, 5.74) is 5.77. The maximum Gasteiger partial charge on any atom is 0.303 e. The van der Waals surface area contributed by atoms with Crippen molar-refractivity contribution in [1.29, 1.82) is 0 Å². The molecule has 3 N–H and O–H groups in total. The zero-order valence-corrected chi connectivity index (χ0v) is 31.3. The van der Waals surface area contributed by atoms with Crippen molar-refractivity contribution in [3.8, 4) is 0 Å². The number of carboxylic acids is 1. The Hall–Kier alpha value is -1.10. The number of unbranched alkanes of at least 4 members (excludes halogenated alkanes) is 30. The van der Waals surface area contributed by atoms with Crippen LogP contribution in [0.3, 0.4) is 0 Å². The lowest BCUT2D eigenvalue weighted by Crippen LogP contribution is -2.46. The zero-order chi connectivity index (χ0) is 33.8. The second-order valence-corrected chi connectivity index (χ2v) is 14.5. The van der Waals surface area contributed by atoms with Crippen LogP contribution in [0.2, 0.25) is 0 Å². The summed E-state index contributed by atoms with van der Waals surface area (Å²) in [6.07, 6.45) is 43.4. The highest BCUT2D eigenvalue weighted by molar-refractivity contribution is 5.80. The number of carbonyl (C=O) groups excluding carboxylic acids is 1. The Morgan fingerprint density at radius 2 is 0.696 bits per heavy atom. The van der Waals surface area contributed by atoms with Gasteiger partial charge in [-0.25, -0.2) is 0 Å². The number of hydrogen-bond donors (Lipinski definition) is 2. The minimum Gasteiger partial charge on any atom is -0.481 e. The summed E-state index contributed by atoms with van der Waals surface area (Å²) in [6, 6.07) is -0.455. The third-order valence-corrected chi connectivity index (χ3v) is 10.00. The summed E-state index contributed by atoms with van der Waals surface area (Å²) in [5.74, 6) is -1.22. The van der Waals surface area contributed by atoms with E-state index in [2.05, 4.69) is 18.7 Å². The van der Waals surface area contributed by atoms with Gasteiger partial charge in [0.2, 0.25) is 5.91 Å². The first-order valence-electron chi connectivity index (χ1n) is 20.8. The Balaban J connectivity index is 3.99. The number of nitrogens with two attached hydrogens (primary N) is 1. The van der Waals surface area contributed by atoms with Gasteiger partial charge >= 0.3 is 5.97 Å². The molecule has 0 aromatic heterocycles. The number of aliphatic carboxylic acids is 1. The summed E-state index contributed by atoms with van der Waals surface area (Å²) in [7, 11) is 0. The second kappa shape index (κ2) is 36.7. The van der Waals surface area contributed by atoms with Crippen molar-refractivity contribution in [2.45, 2.75) is 238 Å². The van der Waals surface area contributed by atoms with Gasteiger partial charge in [-0.1, -0.05) is 206 Å². The molecule has 5 nitrogen and oxygen atoms in total. The number of rotatable bonds is 39. The molecule has 0 aliphatic carbocycles.